The number of hydrogen-bond acceptors (Lipinski definition) is 3. The number of anilines is 1. The number of primary amides is 1. The largest absolute Gasteiger partial charge is 0.351 e. The van der Waals surface area contributed by atoms with Gasteiger partial charge in [0.05, 0.1) is 17.3 Å². The Balaban J connectivity index is 2.33. The monoisotopic (exact) mass is 307 g/mol. The molecule has 1 aromatic rings. The van der Waals surface area contributed by atoms with E-state index in [2.05, 4.69) is 10.2 Å². The molecule has 2 rings (SSSR count). The summed E-state index contributed by atoms with van der Waals surface area (Å²) in [5, 5.41) is 14.6. The van der Waals surface area contributed by atoms with Crippen molar-refractivity contribution in [3.63, 3.8) is 0 Å². The van der Waals surface area contributed by atoms with Crippen LogP contribution in [0.15, 0.2) is 24.3 Å². The van der Waals surface area contributed by atoms with Crippen molar-refractivity contribution in [2.75, 3.05) is 17.8 Å². The summed E-state index contributed by atoms with van der Waals surface area (Å²) < 4.78 is 14.0. The molecule has 7 nitrogen and oxygen atoms in total. The van der Waals surface area contributed by atoms with Gasteiger partial charge in [-0.2, -0.15) is 5.26 Å². The lowest BCUT2D eigenvalue weighted by atomic mass is 9.94. The quantitative estimate of drug-likeness (QED) is 0.721. The maximum Gasteiger partial charge on any atom is 0.326 e. The molecule has 0 atom stereocenters. The average Bonchev–Trinajstić information content (AvgIpc) is 2.43. The summed E-state index contributed by atoms with van der Waals surface area (Å²) in [5.41, 5.74) is 6.16. The predicted molar refractivity (Wildman–Crippen MR) is 80.6 cm³/mol. The molecule has 0 spiro atoms. The van der Waals surface area contributed by atoms with Gasteiger partial charge in [0.25, 0.3) is 0 Å². The molecule has 4 N–H and O–H groups in total. The maximum atomic E-state index is 13.0. The van der Waals surface area contributed by atoms with Gasteiger partial charge < -0.3 is 5.73 Å². The highest BCUT2D eigenvalue weighted by atomic mass is 31.2. The molecular formula is C13H18N5O2P. The fraction of sp³-hybridized carbons (Fsp3) is 0.385. The van der Waals surface area contributed by atoms with E-state index in [0.717, 1.165) is 4.67 Å². The van der Waals surface area contributed by atoms with Crippen LogP contribution in [-0.4, -0.2) is 19.1 Å². The fourth-order valence-corrected chi connectivity index (χ4v) is 4.42. The van der Waals surface area contributed by atoms with E-state index in [-0.39, 0.29) is 5.41 Å². The van der Waals surface area contributed by atoms with Crippen LogP contribution in [0.2, 0.25) is 0 Å². The van der Waals surface area contributed by atoms with E-state index in [4.69, 9.17) is 11.0 Å². The van der Waals surface area contributed by atoms with Crippen molar-refractivity contribution in [2.24, 2.45) is 11.1 Å². The second-order valence-corrected chi connectivity index (χ2v) is 7.90. The number of nitrogens with one attached hydrogen (secondary N) is 2. The second kappa shape index (κ2) is 5.49. The molecule has 1 fully saturated rings. The Bertz CT molecular complexity index is 621. The molecule has 2 amide bonds. The lowest BCUT2D eigenvalue weighted by molar-refractivity contribution is 0.256. The van der Waals surface area contributed by atoms with Crippen LogP contribution in [0.1, 0.15) is 19.4 Å². The third-order valence-corrected chi connectivity index (χ3v) is 5.44. The number of nitrogens with zero attached hydrogens (tertiary/aromatic N) is 2. The molecule has 0 unspecified atom stereocenters. The van der Waals surface area contributed by atoms with E-state index >= 15 is 0 Å². The van der Waals surface area contributed by atoms with Gasteiger partial charge in [-0.3, -0.25) is 4.57 Å². The Morgan fingerprint density at radius 2 is 1.86 bits per heavy atom. The third-order valence-electron chi connectivity index (χ3n) is 3.28. The summed E-state index contributed by atoms with van der Waals surface area (Å²) in [4.78, 5) is 11.8. The van der Waals surface area contributed by atoms with Crippen LogP contribution < -0.4 is 20.6 Å². The molecule has 1 heterocycles. The molecule has 0 aromatic heterocycles. The standard InChI is InChI=1S/C13H18N5O2P/c1-13(2)8-16-21(20,17-9-13)18(12(15)19)11-5-3-10(7-14)4-6-11/h3-6H,8-9H2,1-2H3,(H2,15,19)(H2,16,17,20). The van der Waals surface area contributed by atoms with Gasteiger partial charge in [-0.15, -0.1) is 0 Å². The van der Waals surface area contributed by atoms with Gasteiger partial charge in [0.2, 0.25) is 0 Å². The Morgan fingerprint density at radius 1 is 1.33 bits per heavy atom. The molecule has 1 aromatic carbocycles. The first kappa shape index (κ1) is 15.5. The number of carbonyl (C=O) groups excluding carboxylic acids is 1. The average molecular weight is 307 g/mol. The van der Waals surface area contributed by atoms with Crippen molar-refractivity contribution in [2.45, 2.75) is 13.8 Å². The normalized spacial score (nSPS) is 19.5. The number of amides is 2. The lowest BCUT2D eigenvalue weighted by Gasteiger charge is -2.40. The van der Waals surface area contributed by atoms with Crippen molar-refractivity contribution in [3.8, 4) is 6.07 Å². The molecule has 0 radical (unpaired) electrons. The summed E-state index contributed by atoms with van der Waals surface area (Å²) >= 11 is 0. The third kappa shape index (κ3) is 3.24. The highest BCUT2D eigenvalue weighted by Gasteiger charge is 2.40. The molecule has 21 heavy (non-hydrogen) atoms. The zero-order chi connectivity index (χ0) is 15.7. The predicted octanol–water partition coefficient (Wildman–Crippen LogP) is 1.77. The summed E-state index contributed by atoms with van der Waals surface area (Å²) in [6.45, 7) is 5.04. The summed E-state index contributed by atoms with van der Waals surface area (Å²) in [5.74, 6) is 0. The van der Waals surface area contributed by atoms with Crippen molar-refractivity contribution in [1.82, 2.24) is 10.2 Å². The molecule has 0 saturated carbocycles. The van der Waals surface area contributed by atoms with Crippen molar-refractivity contribution < 1.29 is 9.36 Å². The van der Waals surface area contributed by atoms with Crippen LogP contribution in [0.4, 0.5) is 10.5 Å². The Morgan fingerprint density at radius 3 is 2.29 bits per heavy atom. The van der Waals surface area contributed by atoms with E-state index < -0.39 is 13.6 Å². The molecule has 1 aliphatic rings. The number of urea groups is 1. The van der Waals surface area contributed by atoms with Crippen LogP contribution in [0.3, 0.4) is 0 Å². The second-order valence-electron chi connectivity index (χ2n) is 5.72. The number of hydrogen-bond donors (Lipinski definition) is 3. The number of carbonyl (C=O) groups is 1. The molecule has 0 bridgehead atoms. The van der Waals surface area contributed by atoms with Gasteiger partial charge in [-0.05, 0) is 29.7 Å². The van der Waals surface area contributed by atoms with E-state index in [1.165, 1.54) is 0 Å². The van der Waals surface area contributed by atoms with Gasteiger partial charge in [-0.25, -0.2) is 19.6 Å². The Kier molecular flexibility index (Phi) is 4.06. The van der Waals surface area contributed by atoms with Crippen LogP contribution in [0, 0.1) is 16.7 Å². The van der Waals surface area contributed by atoms with Crippen molar-refractivity contribution >= 4 is 19.3 Å². The Hall–Kier alpha value is -1.87. The van der Waals surface area contributed by atoms with Crippen LogP contribution in [-0.2, 0) is 4.57 Å². The summed E-state index contributed by atoms with van der Waals surface area (Å²) in [7, 11) is -3.33. The zero-order valence-corrected chi connectivity index (χ0v) is 12.9. The van der Waals surface area contributed by atoms with E-state index in [9.17, 15) is 9.36 Å². The fourth-order valence-electron chi connectivity index (χ4n) is 2.01. The highest BCUT2D eigenvalue weighted by Crippen LogP contribution is 2.47. The SMILES string of the molecule is CC1(C)CNP(=O)(N(C(N)=O)c2ccc(C#N)cc2)NC1. The first-order valence-electron chi connectivity index (χ1n) is 6.48. The van der Waals surface area contributed by atoms with Gasteiger partial charge in [0, 0.05) is 13.1 Å². The van der Waals surface area contributed by atoms with Crippen LogP contribution >= 0.6 is 7.59 Å². The lowest BCUT2D eigenvalue weighted by Crippen LogP contribution is -2.51. The van der Waals surface area contributed by atoms with Gasteiger partial charge in [0.15, 0.2) is 0 Å². The zero-order valence-electron chi connectivity index (χ0n) is 12.0. The van der Waals surface area contributed by atoms with Crippen LogP contribution in [0.25, 0.3) is 0 Å². The first-order chi connectivity index (χ1) is 9.77. The number of benzene rings is 1. The topological polar surface area (TPSA) is 111 Å². The van der Waals surface area contributed by atoms with Gasteiger partial charge >= 0.3 is 13.6 Å². The number of rotatable bonds is 2. The van der Waals surface area contributed by atoms with Gasteiger partial charge in [0.1, 0.15) is 0 Å². The Labute approximate surface area is 123 Å². The first-order valence-corrected chi connectivity index (χ1v) is 8.14. The summed E-state index contributed by atoms with van der Waals surface area (Å²) in [6, 6.07) is 7.36. The highest BCUT2D eigenvalue weighted by molar-refractivity contribution is 7.62. The molecule has 1 aliphatic heterocycles. The number of nitrogens with two attached hydrogens (primary N) is 1. The minimum absolute atomic E-state index is 0.0676. The van der Waals surface area contributed by atoms with E-state index in [0.29, 0.717) is 24.3 Å². The molecule has 112 valence electrons. The molecule has 1 saturated heterocycles. The molecule has 8 heteroatoms. The summed E-state index contributed by atoms with van der Waals surface area (Å²) in [6.07, 6.45) is 0. The molecule has 0 aliphatic carbocycles. The minimum Gasteiger partial charge on any atom is -0.351 e. The minimum atomic E-state index is -3.33. The van der Waals surface area contributed by atoms with E-state index in [1.54, 1.807) is 24.3 Å². The van der Waals surface area contributed by atoms with Crippen molar-refractivity contribution in [3.05, 3.63) is 29.8 Å². The molecular weight excluding hydrogens is 289 g/mol. The number of nitriles is 1. The van der Waals surface area contributed by atoms with Crippen LogP contribution in [0.5, 0.6) is 0 Å². The maximum absolute atomic E-state index is 13.0. The van der Waals surface area contributed by atoms with Gasteiger partial charge in [-0.1, -0.05) is 13.8 Å². The van der Waals surface area contributed by atoms with E-state index in [1.807, 2.05) is 19.9 Å². The smallest absolute Gasteiger partial charge is 0.326 e. The van der Waals surface area contributed by atoms with Crippen molar-refractivity contribution in [1.29, 1.82) is 5.26 Å².